The molecule has 6 heteroatoms. The van der Waals surface area contributed by atoms with Gasteiger partial charge in [-0.2, -0.15) is 0 Å². The van der Waals surface area contributed by atoms with Crippen molar-refractivity contribution in [3.8, 4) is 0 Å². The third-order valence-corrected chi connectivity index (χ3v) is 5.51. The molecule has 4 nitrogen and oxygen atoms in total. The number of nitrogens with one attached hydrogen (secondary N) is 2. The molecule has 0 amide bonds. The molecule has 1 heterocycles. The number of aliphatic imine (C=N–C) groups is 1. The number of halogens is 1. The molecule has 2 aromatic rings. The van der Waals surface area contributed by atoms with Crippen LogP contribution in [0.1, 0.15) is 28.3 Å². The van der Waals surface area contributed by atoms with Crippen LogP contribution in [0.5, 0.6) is 0 Å². The van der Waals surface area contributed by atoms with Crippen LogP contribution in [0.25, 0.3) is 0 Å². The van der Waals surface area contributed by atoms with Gasteiger partial charge in [0.25, 0.3) is 0 Å². The first-order valence-corrected chi connectivity index (χ1v) is 9.41. The van der Waals surface area contributed by atoms with Gasteiger partial charge in [-0.1, -0.05) is 30.3 Å². The Morgan fingerprint density at radius 1 is 1.24 bits per heavy atom. The van der Waals surface area contributed by atoms with E-state index in [1.807, 2.05) is 13.2 Å². The van der Waals surface area contributed by atoms with Crippen molar-refractivity contribution in [2.24, 2.45) is 10.4 Å². The zero-order valence-electron chi connectivity index (χ0n) is 14.9. The molecule has 1 saturated carbocycles. The number of hydrogen-bond acceptors (Lipinski definition) is 3. The predicted octanol–water partition coefficient (Wildman–Crippen LogP) is 3.80. The van der Waals surface area contributed by atoms with Gasteiger partial charge < -0.3 is 10.6 Å². The number of guanidine groups is 1. The minimum atomic E-state index is 0. The summed E-state index contributed by atoms with van der Waals surface area (Å²) >= 11 is 1.76. The van der Waals surface area contributed by atoms with E-state index in [1.54, 1.807) is 11.3 Å². The van der Waals surface area contributed by atoms with Crippen LogP contribution < -0.4 is 10.6 Å². The first-order chi connectivity index (χ1) is 11.7. The highest BCUT2D eigenvalue weighted by Crippen LogP contribution is 2.47. The molecule has 0 spiro atoms. The minimum Gasteiger partial charge on any atom is -0.356 e. The lowest BCUT2D eigenvalue weighted by molar-refractivity contribution is 0.492. The molecule has 1 aromatic heterocycles. The lowest BCUT2D eigenvalue weighted by Gasteiger charge is -2.18. The van der Waals surface area contributed by atoms with E-state index in [-0.39, 0.29) is 24.0 Å². The monoisotopic (exact) mass is 470 g/mol. The third kappa shape index (κ3) is 6.26. The highest BCUT2D eigenvalue weighted by Gasteiger charge is 2.42. The molecule has 1 fully saturated rings. The lowest BCUT2D eigenvalue weighted by atomic mass is 9.96. The van der Waals surface area contributed by atoms with Gasteiger partial charge in [-0.3, -0.25) is 4.99 Å². The van der Waals surface area contributed by atoms with Crippen LogP contribution in [-0.2, 0) is 12.8 Å². The van der Waals surface area contributed by atoms with Gasteiger partial charge in [0, 0.05) is 37.6 Å². The fourth-order valence-corrected chi connectivity index (χ4v) is 3.70. The van der Waals surface area contributed by atoms with Crippen LogP contribution in [0.15, 0.2) is 41.5 Å². The van der Waals surface area contributed by atoms with Crippen molar-refractivity contribution in [3.63, 3.8) is 0 Å². The molecule has 0 radical (unpaired) electrons. The Balaban J connectivity index is 0.00000225. The predicted molar refractivity (Wildman–Crippen MR) is 117 cm³/mol. The summed E-state index contributed by atoms with van der Waals surface area (Å²) in [5.74, 6) is 0.891. The van der Waals surface area contributed by atoms with E-state index in [4.69, 9.17) is 0 Å². The second-order valence-corrected chi connectivity index (χ2v) is 7.95. The van der Waals surface area contributed by atoms with Crippen molar-refractivity contribution in [1.29, 1.82) is 0 Å². The van der Waals surface area contributed by atoms with Gasteiger partial charge in [-0.25, -0.2) is 4.98 Å². The Labute approximate surface area is 171 Å². The summed E-state index contributed by atoms with van der Waals surface area (Å²) in [4.78, 5) is 10.0. The number of thiazole rings is 1. The molecule has 2 N–H and O–H groups in total. The average molecular weight is 470 g/mol. The number of rotatable bonds is 7. The summed E-state index contributed by atoms with van der Waals surface area (Å²) in [6.07, 6.45) is 6.62. The highest BCUT2D eigenvalue weighted by atomic mass is 127. The first-order valence-electron chi connectivity index (χ1n) is 8.59. The third-order valence-electron chi connectivity index (χ3n) is 4.53. The van der Waals surface area contributed by atoms with Crippen LogP contribution >= 0.6 is 35.3 Å². The number of aromatic nitrogens is 1. The van der Waals surface area contributed by atoms with Crippen LogP contribution in [0, 0.1) is 12.3 Å². The maximum Gasteiger partial charge on any atom is 0.191 e. The van der Waals surface area contributed by atoms with Crippen molar-refractivity contribution in [2.75, 3.05) is 20.1 Å². The summed E-state index contributed by atoms with van der Waals surface area (Å²) in [5.41, 5.74) is 1.84. The normalized spacial score (nSPS) is 15.4. The Hall–Kier alpha value is -1.15. The SMILES string of the molecule is CN=C(NCCc1ncc(C)s1)NCC1(Cc2ccccc2)CC1.I. The molecule has 0 unspecified atom stereocenters. The number of hydrogen-bond donors (Lipinski definition) is 2. The van der Waals surface area contributed by atoms with Gasteiger partial charge in [-0.15, -0.1) is 35.3 Å². The van der Waals surface area contributed by atoms with E-state index in [9.17, 15) is 0 Å². The van der Waals surface area contributed by atoms with E-state index in [2.05, 4.69) is 57.9 Å². The van der Waals surface area contributed by atoms with Crippen LogP contribution in [0.2, 0.25) is 0 Å². The molecule has 0 saturated heterocycles. The van der Waals surface area contributed by atoms with Gasteiger partial charge in [0.2, 0.25) is 0 Å². The summed E-state index contributed by atoms with van der Waals surface area (Å²) in [6.45, 7) is 3.94. The Morgan fingerprint density at radius 2 is 2.00 bits per heavy atom. The van der Waals surface area contributed by atoms with Crippen molar-refractivity contribution < 1.29 is 0 Å². The van der Waals surface area contributed by atoms with E-state index in [0.717, 1.165) is 31.9 Å². The molecule has 1 aliphatic rings. The summed E-state index contributed by atoms with van der Waals surface area (Å²) in [6, 6.07) is 10.8. The number of nitrogens with zero attached hydrogens (tertiary/aromatic N) is 2. The smallest absolute Gasteiger partial charge is 0.191 e. The van der Waals surface area contributed by atoms with E-state index >= 15 is 0 Å². The van der Waals surface area contributed by atoms with Crippen LogP contribution in [0.4, 0.5) is 0 Å². The molecule has 0 atom stereocenters. The topological polar surface area (TPSA) is 49.3 Å². The standard InChI is InChI=1S/C19H26N4S.HI/c1-15-13-22-17(24-15)8-11-21-18(20-2)23-14-19(9-10-19)12-16-6-4-3-5-7-16;/h3-7,13H,8-12,14H2,1-2H3,(H2,20,21,23);1H. The number of benzene rings is 1. The maximum absolute atomic E-state index is 4.40. The largest absolute Gasteiger partial charge is 0.356 e. The molecule has 0 bridgehead atoms. The Bertz CT molecular complexity index is 680. The maximum atomic E-state index is 4.40. The van der Waals surface area contributed by atoms with Crippen LogP contribution in [0.3, 0.4) is 0 Å². The van der Waals surface area contributed by atoms with E-state index < -0.39 is 0 Å². The average Bonchev–Trinajstić information content (AvgIpc) is 3.23. The second kappa shape index (κ2) is 9.52. The fraction of sp³-hybridized carbons (Fsp3) is 0.474. The van der Waals surface area contributed by atoms with Crippen molar-refractivity contribution >= 4 is 41.3 Å². The molecular formula is C19H27IN4S. The van der Waals surface area contributed by atoms with Gasteiger partial charge >= 0.3 is 0 Å². The molecule has 25 heavy (non-hydrogen) atoms. The summed E-state index contributed by atoms with van der Waals surface area (Å²) < 4.78 is 0. The zero-order valence-corrected chi connectivity index (χ0v) is 18.1. The van der Waals surface area contributed by atoms with Crippen LogP contribution in [-0.4, -0.2) is 31.1 Å². The van der Waals surface area contributed by atoms with Gasteiger partial charge in [0.15, 0.2) is 5.96 Å². The van der Waals surface area contributed by atoms with Crippen molar-refractivity contribution in [3.05, 3.63) is 52.0 Å². The molecule has 1 aromatic carbocycles. The van der Waals surface area contributed by atoms with Gasteiger partial charge in [0.1, 0.15) is 0 Å². The molecule has 0 aliphatic heterocycles. The molecular weight excluding hydrogens is 443 g/mol. The second-order valence-electron chi connectivity index (χ2n) is 6.63. The zero-order chi connectivity index (χ0) is 16.8. The Morgan fingerprint density at radius 3 is 2.60 bits per heavy atom. The van der Waals surface area contributed by atoms with Crippen molar-refractivity contribution in [2.45, 2.75) is 32.6 Å². The fourth-order valence-electron chi connectivity index (χ4n) is 2.92. The van der Waals surface area contributed by atoms with Gasteiger partial charge in [0.05, 0.1) is 5.01 Å². The molecule has 3 rings (SSSR count). The summed E-state index contributed by atoms with van der Waals surface area (Å²) in [7, 11) is 1.83. The summed E-state index contributed by atoms with van der Waals surface area (Å²) in [5, 5.41) is 8.08. The van der Waals surface area contributed by atoms with E-state index in [0.29, 0.717) is 5.41 Å². The van der Waals surface area contributed by atoms with Crippen molar-refractivity contribution in [1.82, 2.24) is 15.6 Å². The first kappa shape index (κ1) is 20.2. The number of aryl methyl sites for hydroxylation is 1. The Kier molecular flexibility index (Phi) is 7.68. The quantitative estimate of drug-likeness (QED) is 0.368. The molecule has 1 aliphatic carbocycles. The van der Waals surface area contributed by atoms with Gasteiger partial charge in [-0.05, 0) is 37.2 Å². The highest BCUT2D eigenvalue weighted by molar-refractivity contribution is 14.0. The molecule has 136 valence electrons. The lowest BCUT2D eigenvalue weighted by Crippen LogP contribution is -2.41. The van der Waals surface area contributed by atoms with E-state index in [1.165, 1.54) is 28.3 Å². The minimum absolute atomic E-state index is 0.